The first kappa shape index (κ1) is 86.1. The molecular weight excluding hydrogens is 1800 g/mol. The van der Waals surface area contributed by atoms with Gasteiger partial charge in [0.2, 0.25) is 0 Å². The number of fused-ring (bicyclic) bond motifs is 14. The Hall–Kier alpha value is -11.1. The summed E-state index contributed by atoms with van der Waals surface area (Å²) in [6.07, 6.45) is 26.4. The van der Waals surface area contributed by atoms with Gasteiger partial charge in [-0.05, 0) is 182 Å². The molecule has 0 aliphatic heterocycles. The number of aromatic nitrogens is 16. The molecule has 14 aromatic heterocycles. The van der Waals surface area contributed by atoms with Crippen molar-refractivity contribution >= 4 is 120 Å². The smallest absolute Gasteiger partial charge is 0.129 e. The van der Waals surface area contributed by atoms with Gasteiger partial charge >= 0.3 is 0 Å². The van der Waals surface area contributed by atoms with Crippen molar-refractivity contribution in [1.29, 1.82) is 0 Å². The maximum Gasteiger partial charge on any atom is 0.129 e. The third-order valence-corrected chi connectivity index (χ3v) is 17.6. The van der Waals surface area contributed by atoms with E-state index in [-0.39, 0.29) is 74.9 Å². The molecule has 546 valence electrons. The van der Waals surface area contributed by atoms with Gasteiger partial charge in [-0.1, -0.05) is 117 Å². The van der Waals surface area contributed by atoms with Gasteiger partial charge in [-0.2, -0.15) is 0 Å². The van der Waals surface area contributed by atoms with Gasteiger partial charge in [-0.3, -0.25) is 59.8 Å². The largest absolute Gasteiger partial charge is 0.358 e. The molecular formula is C88H76BrN16Ru2Si2W-. The fraction of sp³-hybridized carbons (Fsp3) is 0.0795. The number of rotatable bonds is 4. The van der Waals surface area contributed by atoms with Crippen LogP contribution >= 0.6 is 15.9 Å². The molecule has 14 heterocycles. The van der Waals surface area contributed by atoms with Crippen LogP contribution < -0.4 is 0 Å². The minimum atomic E-state index is -1.43. The molecule has 0 radical (unpaired) electrons. The molecule has 4 aromatic carbocycles. The Labute approximate surface area is 691 Å². The van der Waals surface area contributed by atoms with Gasteiger partial charge < -0.3 is 7.43 Å². The monoisotopic (exact) mass is 1880 g/mol. The van der Waals surface area contributed by atoms with Crippen LogP contribution in [0.15, 0.2) is 309 Å². The van der Waals surface area contributed by atoms with E-state index >= 15 is 0 Å². The maximum absolute atomic E-state index is 5.12. The van der Waals surface area contributed by atoms with Crippen LogP contribution in [0.5, 0.6) is 0 Å². The quantitative estimate of drug-likeness (QED) is 0.0528. The molecule has 0 saturated carbocycles. The minimum Gasteiger partial charge on any atom is -0.358 e. The molecule has 0 spiro atoms. The summed E-state index contributed by atoms with van der Waals surface area (Å²) in [7, 11) is -2.53. The minimum absolute atomic E-state index is 0. The van der Waals surface area contributed by atoms with E-state index in [9.17, 15) is 0 Å². The maximum atomic E-state index is 5.12. The second-order valence-electron chi connectivity index (χ2n) is 25.4. The molecule has 0 unspecified atom stereocenters. The van der Waals surface area contributed by atoms with Crippen molar-refractivity contribution in [3.05, 3.63) is 322 Å². The fourth-order valence-electron chi connectivity index (χ4n) is 10.4. The second-order valence-corrected chi connectivity index (χ2v) is 35.8. The second kappa shape index (κ2) is 42.0. The number of benzene rings is 4. The predicted molar refractivity (Wildman–Crippen MR) is 448 cm³/mol. The summed E-state index contributed by atoms with van der Waals surface area (Å²) in [6.45, 7) is 13.2. The summed E-state index contributed by atoms with van der Waals surface area (Å²) in [6, 6.07) is 74.2. The van der Waals surface area contributed by atoms with Gasteiger partial charge in [-0.25, -0.2) is 19.9 Å². The molecule has 0 fully saturated rings. The zero-order chi connectivity index (χ0) is 72.8. The molecule has 0 saturated heterocycles. The first-order valence-corrected chi connectivity index (χ1v) is 41.4. The summed E-state index contributed by atoms with van der Waals surface area (Å²) in [5.41, 5.74) is 24.8. The van der Waals surface area contributed by atoms with E-state index in [1.54, 1.807) is 74.4 Å². The van der Waals surface area contributed by atoms with Crippen molar-refractivity contribution in [2.75, 3.05) is 0 Å². The molecule has 0 N–H and O–H groups in total. The van der Waals surface area contributed by atoms with Crippen molar-refractivity contribution in [2.45, 2.75) is 46.7 Å². The van der Waals surface area contributed by atoms with Gasteiger partial charge in [0.1, 0.15) is 16.1 Å². The van der Waals surface area contributed by atoms with Crippen LogP contribution in [0, 0.1) is 30.9 Å². The average Bonchev–Trinajstić information content (AvgIpc) is 0.744. The molecule has 0 aliphatic carbocycles. The van der Waals surface area contributed by atoms with E-state index in [1.807, 2.05) is 231 Å². The number of hydrogen-bond donors (Lipinski definition) is 0. The fourth-order valence-corrected chi connectivity index (χ4v) is 11.3. The van der Waals surface area contributed by atoms with Crippen LogP contribution in [-0.2, 0) is 60.0 Å². The van der Waals surface area contributed by atoms with Gasteiger partial charge in [-0.15, -0.1) is 17.5 Å². The molecule has 0 aliphatic rings. The first-order valence-electron chi connectivity index (χ1n) is 33.7. The Morgan fingerprint density at radius 3 is 0.755 bits per heavy atom. The zero-order valence-corrected chi connectivity index (χ0v) is 70.6. The standard InChI is InChI=1S/C23H18N4Si.C18H9BrN4.4C10H8N2.C5H10Si.CH4.CH3.2Ru.W/c1-28(2,3)13-10-15-8-9-18-19(14-15)27-23-17-7-5-12-25-21(17)20-16(22(23)26-18)6-4-11-24-20;19-10-5-6-13-14(9-10)23-18-12-4-2-8-21-16(12)15-11(17(18)22-13)3-1-7-20-15;4*1-3-7-11-9(5-1)10-6-2-4-8-12-10;1-5-6(2,3)4;;;;;/h4-9,11-12,14H,1-3H3;1-9H;4*1-8H;1H,2-4H3;1H4;1H3;;;/q;;;;;;;;-1;;;. The Bertz CT molecular complexity index is 5590. The summed E-state index contributed by atoms with van der Waals surface area (Å²) in [5, 5.41) is 3.89. The molecule has 22 heteroatoms. The number of hydrogen-bond acceptors (Lipinski definition) is 16. The van der Waals surface area contributed by atoms with Crippen LogP contribution in [-0.4, -0.2) is 95.9 Å². The SMILES string of the molecule is Brc1ccc2nc3c4cccnc4c4ncccc4c3nc2c1.C.C#C[Si](C)(C)C.C[Si](C)(C)C#Cc1ccc2nc3c4cccnc4c4ncccc4c3nc2c1.[CH3-].[Ru].[Ru].[W].c1ccc(-c2ccccn2)nc1.c1ccc(-c2ccccn2)nc1.c1ccc(-c2ccccn2)nc1.c1ccc(-c2ccccn2)nc1. The Morgan fingerprint density at radius 2 is 0.518 bits per heavy atom. The van der Waals surface area contributed by atoms with E-state index < -0.39 is 16.1 Å². The van der Waals surface area contributed by atoms with Gasteiger partial charge in [0.15, 0.2) is 0 Å². The summed E-state index contributed by atoms with van der Waals surface area (Å²) in [5.74, 6) is 3.31. The Balaban J connectivity index is 0.000000185. The van der Waals surface area contributed by atoms with Gasteiger partial charge in [0.05, 0.1) is 112 Å². The van der Waals surface area contributed by atoms with E-state index in [1.165, 1.54) is 0 Å². The molecule has 0 amide bonds. The van der Waals surface area contributed by atoms with Crippen LogP contribution in [0.25, 0.3) is 133 Å². The molecule has 110 heavy (non-hydrogen) atoms. The third-order valence-electron chi connectivity index (χ3n) is 15.4. The van der Waals surface area contributed by atoms with Crippen LogP contribution in [0.1, 0.15) is 13.0 Å². The van der Waals surface area contributed by atoms with E-state index in [2.05, 4.69) is 132 Å². The third kappa shape index (κ3) is 23.2. The van der Waals surface area contributed by atoms with Crippen molar-refractivity contribution in [2.24, 2.45) is 0 Å². The molecule has 0 atom stereocenters. The summed E-state index contributed by atoms with van der Waals surface area (Å²) in [4.78, 5) is 71.3. The van der Waals surface area contributed by atoms with E-state index in [4.69, 9.17) is 26.4 Å². The van der Waals surface area contributed by atoms with Gasteiger partial charge in [0.25, 0.3) is 0 Å². The Kier molecular flexibility index (Phi) is 32.9. The van der Waals surface area contributed by atoms with Crippen LogP contribution in [0.3, 0.4) is 0 Å². The first-order chi connectivity index (χ1) is 51.2. The predicted octanol–water partition coefficient (Wildman–Crippen LogP) is 20.9. The van der Waals surface area contributed by atoms with Crippen LogP contribution in [0.4, 0.5) is 0 Å². The van der Waals surface area contributed by atoms with Gasteiger partial charge in [0, 0.05) is 166 Å². The molecule has 18 aromatic rings. The Morgan fingerprint density at radius 1 is 0.282 bits per heavy atom. The molecule has 16 nitrogen and oxygen atoms in total. The van der Waals surface area contributed by atoms with E-state index in [0.29, 0.717) is 0 Å². The number of terminal acetylenes is 1. The topological polar surface area (TPSA) is 206 Å². The zero-order valence-electron chi connectivity index (χ0n) is 60.6. The van der Waals surface area contributed by atoms with Crippen molar-refractivity contribution in [3.63, 3.8) is 0 Å². The van der Waals surface area contributed by atoms with Crippen molar-refractivity contribution in [1.82, 2.24) is 79.7 Å². The normalized spacial score (nSPS) is 10.2. The number of nitrogens with zero attached hydrogens (tertiary/aromatic N) is 16. The number of halogens is 1. The van der Waals surface area contributed by atoms with Crippen LogP contribution in [0.2, 0.25) is 39.3 Å². The van der Waals surface area contributed by atoms with Crippen molar-refractivity contribution in [3.8, 4) is 69.0 Å². The molecule has 0 bridgehead atoms. The number of pyridine rings is 12. The summed E-state index contributed by atoms with van der Waals surface area (Å²) >= 11 is 3.50. The average molecular weight is 1880 g/mol. The summed E-state index contributed by atoms with van der Waals surface area (Å²) < 4.78 is 0.989. The van der Waals surface area contributed by atoms with E-state index in [0.717, 1.165) is 143 Å². The molecule has 18 rings (SSSR count). The van der Waals surface area contributed by atoms with Crippen molar-refractivity contribution < 1.29 is 60.0 Å².